The van der Waals surface area contributed by atoms with Crippen LogP contribution in [0.5, 0.6) is 5.75 Å². The molecule has 2 aromatic carbocycles. The standard InChI is InChI=1S/C25H28F3N3O3/c1-24(2,3)31(23(32)33)19-10-12-30(15-19)22-20-14-17(6-9-21(20)34-13-11-29-22)16-4-7-18(8-5-16)25(26,27)28/h4-9,14,19H,10-13,15H2,1-3H3,(H,32,33)/t19-/m0/s1. The topological polar surface area (TPSA) is 65.4 Å². The first-order valence-corrected chi connectivity index (χ1v) is 11.2. The Morgan fingerprint density at radius 2 is 1.79 bits per heavy atom. The maximum Gasteiger partial charge on any atom is 0.416 e. The van der Waals surface area contributed by atoms with Crippen LogP contribution in [0.3, 0.4) is 0 Å². The van der Waals surface area contributed by atoms with Gasteiger partial charge in [-0.2, -0.15) is 13.2 Å². The molecule has 0 unspecified atom stereocenters. The molecule has 0 aliphatic carbocycles. The summed E-state index contributed by atoms with van der Waals surface area (Å²) in [5, 5.41) is 9.79. The minimum absolute atomic E-state index is 0.175. The maximum atomic E-state index is 13.0. The molecule has 1 fully saturated rings. The smallest absolute Gasteiger partial charge is 0.416 e. The number of carbonyl (C=O) groups is 1. The first-order valence-electron chi connectivity index (χ1n) is 11.2. The predicted molar refractivity (Wildman–Crippen MR) is 123 cm³/mol. The second-order valence-corrected chi connectivity index (χ2v) is 9.55. The van der Waals surface area contributed by atoms with Crippen molar-refractivity contribution in [3.05, 3.63) is 53.6 Å². The number of amides is 1. The Morgan fingerprint density at radius 1 is 1.12 bits per heavy atom. The van der Waals surface area contributed by atoms with E-state index in [0.29, 0.717) is 44.0 Å². The summed E-state index contributed by atoms with van der Waals surface area (Å²) in [4.78, 5) is 20.3. The van der Waals surface area contributed by atoms with Gasteiger partial charge in [0.15, 0.2) is 0 Å². The van der Waals surface area contributed by atoms with Crippen molar-refractivity contribution >= 4 is 11.9 Å². The molecule has 2 aliphatic rings. The Morgan fingerprint density at radius 3 is 2.41 bits per heavy atom. The van der Waals surface area contributed by atoms with Gasteiger partial charge in [0.1, 0.15) is 18.2 Å². The van der Waals surface area contributed by atoms with E-state index in [0.717, 1.165) is 29.1 Å². The van der Waals surface area contributed by atoms with Crippen LogP contribution >= 0.6 is 0 Å². The van der Waals surface area contributed by atoms with Gasteiger partial charge >= 0.3 is 12.3 Å². The molecule has 1 atom stereocenters. The SMILES string of the molecule is CC(C)(C)N(C(=O)O)[C@H]1CCN(C2=NCCOc3ccc(-c4ccc(C(F)(F)F)cc4)cc32)C1. The highest BCUT2D eigenvalue weighted by molar-refractivity contribution is 6.02. The molecule has 1 amide bonds. The Labute approximate surface area is 196 Å². The van der Waals surface area contributed by atoms with Crippen LogP contribution in [0.25, 0.3) is 11.1 Å². The molecular weight excluding hydrogens is 447 g/mol. The van der Waals surface area contributed by atoms with Gasteiger partial charge in [-0.1, -0.05) is 18.2 Å². The van der Waals surface area contributed by atoms with Crippen molar-refractivity contribution in [3.63, 3.8) is 0 Å². The number of amidine groups is 1. The molecule has 4 rings (SSSR count). The van der Waals surface area contributed by atoms with E-state index in [-0.39, 0.29) is 6.04 Å². The summed E-state index contributed by atoms with van der Waals surface area (Å²) in [7, 11) is 0. The third-order valence-corrected chi connectivity index (χ3v) is 6.13. The van der Waals surface area contributed by atoms with E-state index in [1.54, 1.807) is 0 Å². The number of aliphatic imine (C=N–C) groups is 1. The number of hydrogen-bond donors (Lipinski definition) is 1. The number of carboxylic acid groups (broad SMARTS) is 1. The van der Waals surface area contributed by atoms with Crippen LogP contribution in [-0.4, -0.2) is 64.7 Å². The lowest BCUT2D eigenvalue weighted by atomic mass is 10.00. The van der Waals surface area contributed by atoms with Crippen LogP contribution in [-0.2, 0) is 6.18 Å². The summed E-state index contributed by atoms with van der Waals surface area (Å²) in [5.41, 5.74) is 0.940. The molecule has 1 saturated heterocycles. The number of likely N-dealkylation sites (tertiary alicyclic amines) is 1. The fraction of sp³-hybridized carbons (Fsp3) is 0.440. The molecule has 0 radical (unpaired) electrons. The van der Waals surface area contributed by atoms with Gasteiger partial charge in [-0.05, 0) is 62.6 Å². The zero-order valence-corrected chi connectivity index (χ0v) is 19.4. The third-order valence-electron chi connectivity index (χ3n) is 6.13. The van der Waals surface area contributed by atoms with Crippen molar-refractivity contribution in [2.75, 3.05) is 26.2 Å². The van der Waals surface area contributed by atoms with Gasteiger partial charge in [0.25, 0.3) is 0 Å². The van der Waals surface area contributed by atoms with E-state index in [1.165, 1.54) is 17.0 Å². The Hall–Kier alpha value is -3.23. The molecule has 1 N–H and O–H groups in total. The maximum absolute atomic E-state index is 13.0. The number of halogens is 3. The number of ether oxygens (including phenoxy) is 1. The summed E-state index contributed by atoms with van der Waals surface area (Å²) in [6.07, 6.45) is -4.66. The minimum Gasteiger partial charge on any atom is -0.491 e. The van der Waals surface area contributed by atoms with Crippen molar-refractivity contribution in [2.24, 2.45) is 4.99 Å². The number of fused-ring (bicyclic) bond motifs is 1. The zero-order valence-electron chi connectivity index (χ0n) is 19.4. The molecule has 2 aromatic rings. The Bertz CT molecular complexity index is 1090. The van der Waals surface area contributed by atoms with Crippen molar-refractivity contribution in [2.45, 2.75) is 44.9 Å². The molecule has 0 bridgehead atoms. The lowest BCUT2D eigenvalue weighted by molar-refractivity contribution is -0.137. The summed E-state index contributed by atoms with van der Waals surface area (Å²) in [6.45, 7) is 7.67. The Balaban J connectivity index is 1.64. The van der Waals surface area contributed by atoms with Crippen molar-refractivity contribution in [1.82, 2.24) is 9.80 Å². The van der Waals surface area contributed by atoms with Gasteiger partial charge < -0.3 is 14.7 Å². The number of hydrogen-bond acceptors (Lipinski definition) is 4. The number of rotatable bonds is 2. The van der Waals surface area contributed by atoms with E-state index in [9.17, 15) is 23.1 Å². The van der Waals surface area contributed by atoms with Crippen LogP contribution in [0.1, 0.15) is 38.3 Å². The fourth-order valence-electron chi connectivity index (χ4n) is 4.66. The van der Waals surface area contributed by atoms with E-state index in [2.05, 4.69) is 4.90 Å². The molecule has 6 nitrogen and oxygen atoms in total. The van der Waals surface area contributed by atoms with Gasteiger partial charge in [0.05, 0.1) is 23.7 Å². The van der Waals surface area contributed by atoms with Gasteiger partial charge in [-0.3, -0.25) is 9.89 Å². The first-order chi connectivity index (χ1) is 15.9. The van der Waals surface area contributed by atoms with Crippen LogP contribution in [0.15, 0.2) is 47.5 Å². The highest BCUT2D eigenvalue weighted by Gasteiger charge is 2.38. The van der Waals surface area contributed by atoms with Crippen molar-refractivity contribution in [3.8, 4) is 16.9 Å². The first kappa shape index (κ1) is 23.9. The quantitative estimate of drug-likeness (QED) is 0.635. The van der Waals surface area contributed by atoms with Gasteiger partial charge in [-0.15, -0.1) is 0 Å². The summed E-state index contributed by atoms with van der Waals surface area (Å²) >= 11 is 0. The average Bonchev–Trinajstić information content (AvgIpc) is 3.10. The highest BCUT2D eigenvalue weighted by Crippen LogP contribution is 2.34. The van der Waals surface area contributed by atoms with Gasteiger partial charge in [-0.25, -0.2) is 4.79 Å². The molecule has 0 aromatic heterocycles. The summed E-state index contributed by atoms with van der Waals surface area (Å²) in [6, 6.07) is 10.4. The highest BCUT2D eigenvalue weighted by atomic mass is 19.4. The molecular formula is C25H28F3N3O3. The summed E-state index contributed by atoms with van der Waals surface area (Å²) in [5.74, 6) is 1.38. The number of alkyl halides is 3. The number of nitrogens with zero attached hydrogens (tertiary/aromatic N) is 3. The second-order valence-electron chi connectivity index (χ2n) is 9.55. The minimum atomic E-state index is -4.39. The molecule has 9 heteroatoms. The van der Waals surface area contributed by atoms with Crippen LogP contribution in [0.2, 0.25) is 0 Å². The average molecular weight is 476 g/mol. The molecule has 2 heterocycles. The molecule has 2 aliphatic heterocycles. The van der Waals surface area contributed by atoms with Crippen LogP contribution < -0.4 is 4.74 Å². The van der Waals surface area contributed by atoms with Crippen LogP contribution in [0, 0.1) is 0 Å². The lowest BCUT2D eigenvalue weighted by Gasteiger charge is -2.38. The van der Waals surface area contributed by atoms with Gasteiger partial charge in [0, 0.05) is 18.6 Å². The van der Waals surface area contributed by atoms with Crippen molar-refractivity contribution < 1.29 is 27.8 Å². The zero-order chi connectivity index (χ0) is 24.7. The molecule has 0 spiro atoms. The van der Waals surface area contributed by atoms with E-state index < -0.39 is 23.4 Å². The van der Waals surface area contributed by atoms with E-state index in [1.807, 2.05) is 39.0 Å². The number of benzene rings is 2. The molecule has 0 saturated carbocycles. The van der Waals surface area contributed by atoms with E-state index in [4.69, 9.17) is 9.73 Å². The normalized spacial score (nSPS) is 18.6. The van der Waals surface area contributed by atoms with E-state index >= 15 is 0 Å². The van der Waals surface area contributed by atoms with Crippen molar-refractivity contribution in [1.29, 1.82) is 0 Å². The largest absolute Gasteiger partial charge is 0.491 e. The monoisotopic (exact) mass is 475 g/mol. The fourth-order valence-corrected chi connectivity index (χ4v) is 4.66. The second kappa shape index (κ2) is 8.85. The predicted octanol–water partition coefficient (Wildman–Crippen LogP) is 5.36. The van der Waals surface area contributed by atoms with Gasteiger partial charge in [0.2, 0.25) is 0 Å². The van der Waals surface area contributed by atoms with Crippen LogP contribution in [0.4, 0.5) is 18.0 Å². The Kier molecular flexibility index (Phi) is 6.22. The molecule has 182 valence electrons. The molecule has 34 heavy (non-hydrogen) atoms. The lowest BCUT2D eigenvalue weighted by Crippen LogP contribution is -2.52. The summed E-state index contributed by atoms with van der Waals surface area (Å²) < 4.78 is 44.7. The third kappa shape index (κ3) is 4.83.